The molecule has 0 spiro atoms. The Hall–Kier alpha value is -0.780. The van der Waals surface area contributed by atoms with Crippen LogP contribution in [0.4, 0.5) is 13.2 Å². The van der Waals surface area contributed by atoms with Crippen LogP contribution in [-0.4, -0.2) is 31.6 Å². The Balaban J connectivity index is 0.00000200. The van der Waals surface area contributed by atoms with E-state index in [0.717, 1.165) is 44.6 Å². The largest absolute Gasteiger partial charge is 0.319 e. The van der Waals surface area contributed by atoms with Crippen LogP contribution in [-0.2, 0) is 6.54 Å². The first kappa shape index (κ1) is 17.3. The quantitative estimate of drug-likeness (QED) is 0.860. The normalized spacial score (nSPS) is 17.0. The van der Waals surface area contributed by atoms with Crippen LogP contribution in [0, 0.1) is 23.4 Å². The molecule has 1 aliphatic heterocycles. The number of likely N-dealkylation sites (tertiary alicyclic amines) is 1. The van der Waals surface area contributed by atoms with E-state index in [1.54, 1.807) is 0 Å². The van der Waals surface area contributed by atoms with E-state index in [9.17, 15) is 13.2 Å². The Morgan fingerprint density at radius 3 is 2.20 bits per heavy atom. The molecule has 0 atom stereocenters. The molecule has 0 amide bonds. The molecule has 0 saturated carbocycles. The summed E-state index contributed by atoms with van der Waals surface area (Å²) in [6.07, 6.45) is 2.15. The van der Waals surface area contributed by atoms with Crippen molar-refractivity contribution in [3.05, 3.63) is 35.1 Å². The molecule has 1 aromatic rings. The zero-order valence-corrected chi connectivity index (χ0v) is 12.3. The molecular formula is C14H20ClF3N2. The predicted octanol–water partition coefficient (Wildman–Crippen LogP) is 2.96. The number of piperidine rings is 1. The van der Waals surface area contributed by atoms with Crippen LogP contribution in [0.5, 0.6) is 0 Å². The van der Waals surface area contributed by atoms with Gasteiger partial charge >= 0.3 is 0 Å². The number of nitrogens with zero attached hydrogens (tertiary/aromatic N) is 1. The molecular weight excluding hydrogens is 289 g/mol. The first-order valence-corrected chi connectivity index (χ1v) is 6.60. The molecule has 114 valence electrons. The highest BCUT2D eigenvalue weighted by atomic mass is 35.5. The second-order valence-electron chi connectivity index (χ2n) is 5.15. The Bertz CT molecular complexity index is 411. The highest BCUT2D eigenvalue weighted by Gasteiger charge is 2.19. The third-order valence-corrected chi connectivity index (χ3v) is 3.65. The van der Waals surface area contributed by atoms with Gasteiger partial charge in [-0.05, 0) is 63.1 Å². The average Bonchev–Trinajstić information content (AvgIpc) is 2.38. The fourth-order valence-corrected chi connectivity index (χ4v) is 2.59. The lowest BCUT2D eigenvalue weighted by Gasteiger charge is -2.31. The summed E-state index contributed by atoms with van der Waals surface area (Å²) < 4.78 is 39.1. The van der Waals surface area contributed by atoms with Gasteiger partial charge in [-0.1, -0.05) is 0 Å². The van der Waals surface area contributed by atoms with Gasteiger partial charge in [-0.15, -0.1) is 12.4 Å². The summed E-state index contributed by atoms with van der Waals surface area (Å²) in [4.78, 5) is 2.15. The van der Waals surface area contributed by atoms with Gasteiger partial charge in [0.1, 0.15) is 0 Å². The maximum atomic E-state index is 13.1. The number of hydrogen-bond acceptors (Lipinski definition) is 2. The van der Waals surface area contributed by atoms with Crippen LogP contribution in [0.3, 0.4) is 0 Å². The maximum absolute atomic E-state index is 13.1. The topological polar surface area (TPSA) is 15.3 Å². The number of hydrogen-bond donors (Lipinski definition) is 1. The van der Waals surface area contributed by atoms with Gasteiger partial charge < -0.3 is 5.32 Å². The Morgan fingerprint density at radius 2 is 1.70 bits per heavy atom. The van der Waals surface area contributed by atoms with Crippen LogP contribution in [0.2, 0.25) is 0 Å². The molecule has 1 aliphatic rings. The Kier molecular flexibility index (Phi) is 6.79. The molecule has 0 radical (unpaired) electrons. The van der Waals surface area contributed by atoms with Crippen molar-refractivity contribution in [2.75, 3.05) is 26.7 Å². The van der Waals surface area contributed by atoms with E-state index in [2.05, 4.69) is 10.2 Å². The highest BCUT2D eigenvalue weighted by Crippen LogP contribution is 2.20. The summed E-state index contributed by atoms with van der Waals surface area (Å²) in [5, 5.41) is 3.16. The number of benzene rings is 1. The van der Waals surface area contributed by atoms with Crippen LogP contribution in [0.15, 0.2) is 12.1 Å². The van der Waals surface area contributed by atoms with E-state index >= 15 is 0 Å². The van der Waals surface area contributed by atoms with Gasteiger partial charge in [0.2, 0.25) is 0 Å². The summed E-state index contributed by atoms with van der Waals surface area (Å²) in [5.41, 5.74) is 0.489. The van der Waals surface area contributed by atoms with Crippen molar-refractivity contribution in [2.24, 2.45) is 5.92 Å². The molecule has 1 aromatic carbocycles. The fourth-order valence-electron chi connectivity index (χ4n) is 2.59. The lowest BCUT2D eigenvalue weighted by Crippen LogP contribution is -2.36. The average molecular weight is 309 g/mol. The first-order valence-electron chi connectivity index (χ1n) is 6.60. The van der Waals surface area contributed by atoms with Gasteiger partial charge in [0.05, 0.1) is 0 Å². The molecule has 1 heterocycles. The molecule has 2 nitrogen and oxygen atoms in total. The van der Waals surface area contributed by atoms with Crippen LogP contribution in [0.1, 0.15) is 18.4 Å². The molecule has 1 saturated heterocycles. The molecule has 6 heteroatoms. The maximum Gasteiger partial charge on any atom is 0.194 e. The van der Waals surface area contributed by atoms with E-state index in [1.165, 1.54) is 0 Å². The third-order valence-electron chi connectivity index (χ3n) is 3.65. The van der Waals surface area contributed by atoms with E-state index in [1.807, 2.05) is 7.05 Å². The summed E-state index contributed by atoms with van der Waals surface area (Å²) >= 11 is 0. The van der Waals surface area contributed by atoms with Gasteiger partial charge in [0.15, 0.2) is 17.5 Å². The van der Waals surface area contributed by atoms with Crippen molar-refractivity contribution >= 4 is 12.4 Å². The first-order chi connectivity index (χ1) is 9.10. The molecule has 0 bridgehead atoms. The Labute approximate surface area is 123 Å². The smallest absolute Gasteiger partial charge is 0.194 e. The minimum atomic E-state index is -1.39. The van der Waals surface area contributed by atoms with E-state index < -0.39 is 17.5 Å². The monoisotopic (exact) mass is 308 g/mol. The van der Waals surface area contributed by atoms with Crippen molar-refractivity contribution in [2.45, 2.75) is 19.4 Å². The van der Waals surface area contributed by atoms with E-state index in [4.69, 9.17) is 0 Å². The second-order valence-corrected chi connectivity index (χ2v) is 5.15. The summed E-state index contributed by atoms with van der Waals surface area (Å²) in [7, 11) is 1.94. The van der Waals surface area contributed by atoms with Crippen molar-refractivity contribution in [3.8, 4) is 0 Å². The predicted molar refractivity (Wildman–Crippen MR) is 75.5 cm³/mol. The zero-order valence-electron chi connectivity index (χ0n) is 11.5. The molecule has 0 aliphatic carbocycles. The summed E-state index contributed by atoms with van der Waals surface area (Å²) in [5.74, 6) is -2.94. The van der Waals surface area contributed by atoms with Crippen molar-refractivity contribution in [1.82, 2.24) is 10.2 Å². The molecule has 20 heavy (non-hydrogen) atoms. The minimum Gasteiger partial charge on any atom is -0.319 e. The highest BCUT2D eigenvalue weighted by molar-refractivity contribution is 5.85. The minimum absolute atomic E-state index is 0. The van der Waals surface area contributed by atoms with Crippen molar-refractivity contribution in [3.63, 3.8) is 0 Å². The molecule has 0 aromatic heterocycles. The van der Waals surface area contributed by atoms with Crippen molar-refractivity contribution in [1.29, 1.82) is 0 Å². The summed E-state index contributed by atoms with van der Waals surface area (Å²) in [6, 6.07) is 2.16. The van der Waals surface area contributed by atoms with E-state index in [-0.39, 0.29) is 12.4 Å². The number of halogens is 4. The Morgan fingerprint density at radius 1 is 1.15 bits per heavy atom. The van der Waals surface area contributed by atoms with Gasteiger partial charge in [-0.25, -0.2) is 13.2 Å². The molecule has 1 fully saturated rings. The standard InChI is InChI=1S/C14H19F3N2.ClH/c1-18-8-10-2-4-19(5-3-10)9-11-6-12(15)14(17)13(16)7-11;/h6-7,10,18H,2-5,8-9H2,1H3;1H. The zero-order chi connectivity index (χ0) is 13.8. The third kappa shape index (κ3) is 4.36. The van der Waals surface area contributed by atoms with Crippen LogP contribution >= 0.6 is 12.4 Å². The molecule has 1 N–H and O–H groups in total. The second kappa shape index (κ2) is 7.86. The SMILES string of the molecule is CNCC1CCN(Cc2cc(F)c(F)c(F)c2)CC1.Cl. The number of rotatable bonds is 4. The van der Waals surface area contributed by atoms with Crippen LogP contribution in [0.25, 0.3) is 0 Å². The van der Waals surface area contributed by atoms with Gasteiger partial charge in [0, 0.05) is 6.54 Å². The lowest BCUT2D eigenvalue weighted by atomic mass is 9.96. The van der Waals surface area contributed by atoms with Gasteiger partial charge in [-0.3, -0.25) is 4.90 Å². The van der Waals surface area contributed by atoms with E-state index in [0.29, 0.717) is 18.0 Å². The molecule has 2 rings (SSSR count). The van der Waals surface area contributed by atoms with Crippen molar-refractivity contribution < 1.29 is 13.2 Å². The molecule has 0 unspecified atom stereocenters. The van der Waals surface area contributed by atoms with Crippen LogP contribution < -0.4 is 5.32 Å². The van der Waals surface area contributed by atoms with Gasteiger partial charge in [-0.2, -0.15) is 0 Å². The number of nitrogens with one attached hydrogen (secondary N) is 1. The summed E-state index contributed by atoms with van der Waals surface area (Å²) in [6.45, 7) is 3.30. The fraction of sp³-hybridized carbons (Fsp3) is 0.571. The lowest BCUT2D eigenvalue weighted by molar-refractivity contribution is 0.176. The van der Waals surface area contributed by atoms with Gasteiger partial charge in [0.25, 0.3) is 0 Å².